The van der Waals surface area contributed by atoms with E-state index in [1.807, 2.05) is 0 Å². The second kappa shape index (κ2) is 3.37. The number of alkyl halides is 2. The van der Waals surface area contributed by atoms with Crippen molar-refractivity contribution in [3.05, 3.63) is 41.2 Å². The van der Waals surface area contributed by atoms with Gasteiger partial charge in [0.15, 0.2) is 0 Å². The number of benzene rings is 1. The largest absolute Gasteiger partial charge is 0.477 e. The van der Waals surface area contributed by atoms with Gasteiger partial charge in [-0.2, -0.15) is 8.78 Å². The molecule has 0 radical (unpaired) electrons. The Morgan fingerprint density at radius 2 is 2.06 bits per heavy atom. The van der Waals surface area contributed by atoms with Crippen LogP contribution in [0.4, 0.5) is 13.2 Å². The number of fused-ring (bicyclic) bond motifs is 1. The Labute approximate surface area is 89.0 Å². The number of rotatable bonds is 2. The van der Waals surface area contributed by atoms with Gasteiger partial charge in [-0.15, -0.1) is 0 Å². The molecule has 2 rings (SSSR count). The zero-order valence-electron chi connectivity index (χ0n) is 8.01. The minimum Gasteiger partial charge on any atom is -0.477 e. The van der Waals surface area contributed by atoms with Gasteiger partial charge in [0, 0.05) is 5.57 Å². The third-order valence-electron chi connectivity index (χ3n) is 2.50. The zero-order valence-corrected chi connectivity index (χ0v) is 8.01. The number of hydrogen-bond donors (Lipinski definition) is 1. The van der Waals surface area contributed by atoms with Gasteiger partial charge < -0.3 is 5.11 Å². The third-order valence-corrected chi connectivity index (χ3v) is 2.50. The molecule has 1 aliphatic carbocycles. The van der Waals surface area contributed by atoms with E-state index in [0.29, 0.717) is 5.56 Å². The van der Waals surface area contributed by atoms with Gasteiger partial charge in [0.1, 0.15) is 5.82 Å². The summed E-state index contributed by atoms with van der Waals surface area (Å²) in [5.41, 5.74) is -0.140. The highest BCUT2D eigenvalue weighted by Gasteiger charge is 2.45. The van der Waals surface area contributed by atoms with Crippen LogP contribution in [0.15, 0.2) is 24.3 Å². The molecule has 0 fully saturated rings. The number of carboxylic acid groups (broad SMARTS) is 1. The predicted octanol–water partition coefficient (Wildman–Crippen LogP) is 2.49. The zero-order chi connectivity index (χ0) is 11.9. The molecular weight excluding hydrogens is 221 g/mol. The summed E-state index contributed by atoms with van der Waals surface area (Å²) in [7, 11) is 0. The molecule has 84 valence electrons. The van der Waals surface area contributed by atoms with E-state index >= 15 is 0 Å². The van der Waals surface area contributed by atoms with Gasteiger partial charge in [0.2, 0.25) is 0 Å². The summed E-state index contributed by atoms with van der Waals surface area (Å²) in [4.78, 5) is 10.4. The lowest BCUT2D eigenvalue weighted by molar-refractivity contribution is -0.156. The van der Waals surface area contributed by atoms with E-state index in [4.69, 9.17) is 5.11 Å². The van der Waals surface area contributed by atoms with Gasteiger partial charge in [0.05, 0.1) is 0 Å². The summed E-state index contributed by atoms with van der Waals surface area (Å²) in [6, 6.07) is 3.48. The standard InChI is InChI=1S/C11H7F3O2/c12-7-3-1-6-2-4-9(8(6)5-7)11(13,14)10(15)16/h1,3-5H,2H2,(H,15,16). The van der Waals surface area contributed by atoms with Crippen molar-refractivity contribution in [3.63, 3.8) is 0 Å². The molecule has 0 aliphatic heterocycles. The number of carboxylic acids is 1. The molecule has 0 bridgehead atoms. The maximum atomic E-state index is 13.3. The van der Waals surface area contributed by atoms with Crippen molar-refractivity contribution >= 4 is 11.5 Å². The van der Waals surface area contributed by atoms with Crippen molar-refractivity contribution < 1.29 is 23.1 Å². The number of aliphatic carboxylic acids is 1. The van der Waals surface area contributed by atoms with Crippen LogP contribution in [-0.2, 0) is 11.2 Å². The smallest absolute Gasteiger partial charge is 0.379 e. The lowest BCUT2D eigenvalue weighted by Gasteiger charge is -2.13. The first-order chi connectivity index (χ1) is 7.43. The Kier molecular flexibility index (Phi) is 2.26. The van der Waals surface area contributed by atoms with E-state index < -0.39 is 23.3 Å². The molecule has 0 saturated carbocycles. The monoisotopic (exact) mass is 228 g/mol. The van der Waals surface area contributed by atoms with Crippen LogP contribution in [-0.4, -0.2) is 17.0 Å². The number of hydrogen-bond acceptors (Lipinski definition) is 1. The molecule has 16 heavy (non-hydrogen) atoms. The first-order valence-corrected chi connectivity index (χ1v) is 4.53. The fourth-order valence-corrected chi connectivity index (χ4v) is 1.71. The number of allylic oxidation sites excluding steroid dienone is 1. The van der Waals surface area contributed by atoms with Gasteiger partial charge in [-0.25, -0.2) is 9.18 Å². The molecule has 0 aromatic heterocycles. The number of halogens is 3. The lowest BCUT2D eigenvalue weighted by Crippen LogP contribution is -2.29. The highest BCUT2D eigenvalue weighted by Crippen LogP contribution is 2.39. The van der Waals surface area contributed by atoms with Gasteiger partial charge in [-0.05, 0) is 29.7 Å². The van der Waals surface area contributed by atoms with E-state index in [0.717, 1.165) is 18.2 Å². The Morgan fingerprint density at radius 1 is 1.38 bits per heavy atom. The van der Waals surface area contributed by atoms with Crippen molar-refractivity contribution in [1.29, 1.82) is 0 Å². The summed E-state index contributed by atoms with van der Waals surface area (Å²) in [5.74, 6) is -6.86. The van der Waals surface area contributed by atoms with Crippen LogP contribution < -0.4 is 0 Å². The molecule has 1 aromatic rings. The van der Waals surface area contributed by atoms with Gasteiger partial charge >= 0.3 is 11.9 Å². The van der Waals surface area contributed by atoms with Crippen molar-refractivity contribution in [2.45, 2.75) is 12.3 Å². The van der Waals surface area contributed by atoms with Crippen LogP contribution >= 0.6 is 0 Å². The second-order valence-electron chi connectivity index (χ2n) is 3.50. The molecule has 0 atom stereocenters. The normalized spacial score (nSPS) is 14.6. The van der Waals surface area contributed by atoms with Crippen molar-refractivity contribution in [3.8, 4) is 0 Å². The van der Waals surface area contributed by atoms with E-state index in [9.17, 15) is 18.0 Å². The average Bonchev–Trinajstić information content (AvgIpc) is 2.60. The first kappa shape index (κ1) is 10.7. The van der Waals surface area contributed by atoms with E-state index in [-0.39, 0.29) is 12.0 Å². The van der Waals surface area contributed by atoms with Crippen molar-refractivity contribution in [1.82, 2.24) is 0 Å². The topological polar surface area (TPSA) is 37.3 Å². The minimum absolute atomic E-state index is 0.0209. The Bertz CT molecular complexity index is 492. The summed E-state index contributed by atoms with van der Waals surface area (Å²) in [6.45, 7) is 0. The Balaban J connectivity index is 2.50. The van der Waals surface area contributed by atoms with Crippen LogP contribution in [0.1, 0.15) is 11.1 Å². The maximum absolute atomic E-state index is 13.3. The van der Waals surface area contributed by atoms with E-state index in [1.54, 1.807) is 0 Å². The molecule has 5 heteroatoms. The van der Waals surface area contributed by atoms with Crippen LogP contribution in [0.3, 0.4) is 0 Å². The molecule has 0 saturated heterocycles. The summed E-state index contributed by atoms with van der Waals surface area (Å²) >= 11 is 0. The van der Waals surface area contributed by atoms with Crippen LogP contribution in [0.25, 0.3) is 5.57 Å². The van der Waals surface area contributed by atoms with Crippen molar-refractivity contribution in [2.75, 3.05) is 0 Å². The molecule has 0 heterocycles. The molecular formula is C11H7F3O2. The van der Waals surface area contributed by atoms with Gasteiger partial charge in [0.25, 0.3) is 0 Å². The lowest BCUT2D eigenvalue weighted by atomic mass is 10.0. The van der Waals surface area contributed by atoms with Gasteiger partial charge in [-0.1, -0.05) is 12.1 Å². The summed E-state index contributed by atoms with van der Waals surface area (Å²) < 4.78 is 39.4. The van der Waals surface area contributed by atoms with Gasteiger partial charge in [-0.3, -0.25) is 0 Å². The SMILES string of the molecule is O=C(O)C(F)(F)C1=CCc2ccc(F)cc21. The maximum Gasteiger partial charge on any atom is 0.379 e. The van der Waals surface area contributed by atoms with Crippen LogP contribution in [0.5, 0.6) is 0 Å². The molecule has 1 N–H and O–H groups in total. The van der Waals surface area contributed by atoms with Crippen molar-refractivity contribution in [2.24, 2.45) is 0 Å². The van der Waals surface area contributed by atoms with Crippen LogP contribution in [0.2, 0.25) is 0 Å². The fraction of sp³-hybridized carbons (Fsp3) is 0.182. The highest BCUT2D eigenvalue weighted by molar-refractivity contribution is 5.95. The number of carbonyl (C=O) groups is 1. The quantitative estimate of drug-likeness (QED) is 0.844. The second-order valence-corrected chi connectivity index (χ2v) is 3.50. The first-order valence-electron chi connectivity index (χ1n) is 4.53. The Morgan fingerprint density at radius 3 is 2.69 bits per heavy atom. The van der Waals surface area contributed by atoms with E-state index in [2.05, 4.69) is 0 Å². The minimum atomic E-state index is -3.97. The summed E-state index contributed by atoms with van der Waals surface area (Å²) in [6.07, 6.45) is 1.33. The summed E-state index contributed by atoms with van der Waals surface area (Å²) in [5, 5.41) is 8.41. The molecule has 0 unspecified atom stereocenters. The molecule has 0 amide bonds. The van der Waals surface area contributed by atoms with Crippen LogP contribution in [0, 0.1) is 5.82 Å². The highest BCUT2D eigenvalue weighted by atomic mass is 19.3. The van der Waals surface area contributed by atoms with E-state index in [1.165, 1.54) is 6.07 Å². The molecule has 2 nitrogen and oxygen atoms in total. The predicted molar refractivity (Wildman–Crippen MR) is 50.7 cm³/mol. The fourth-order valence-electron chi connectivity index (χ4n) is 1.71. The average molecular weight is 228 g/mol. The molecule has 1 aromatic carbocycles. The molecule has 0 spiro atoms. The third kappa shape index (κ3) is 1.48. The molecule has 1 aliphatic rings. The Hall–Kier alpha value is -1.78.